The molecule has 1 heterocycles. The van der Waals surface area contributed by atoms with Gasteiger partial charge in [0.05, 0.1) is 11.3 Å². The Kier molecular flexibility index (Phi) is 6.64. The van der Waals surface area contributed by atoms with Crippen molar-refractivity contribution in [2.75, 3.05) is 32.4 Å². The van der Waals surface area contributed by atoms with Crippen LogP contribution in [0.3, 0.4) is 0 Å². The van der Waals surface area contributed by atoms with E-state index in [0.29, 0.717) is 35.9 Å². The summed E-state index contributed by atoms with van der Waals surface area (Å²) in [6.45, 7) is 1.27. The normalized spacial score (nSPS) is 12.2. The van der Waals surface area contributed by atoms with E-state index in [4.69, 9.17) is 14.2 Å². The minimum absolute atomic E-state index is 0.202. The maximum Gasteiger partial charge on any atom is 0.253 e. The molecule has 1 aliphatic rings. The summed E-state index contributed by atoms with van der Waals surface area (Å²) < 4.78 is 15.5. The lowest BCUT2D eigenvalue weighted by molar-refractivity contribution is -0.111. The maximum absolute atomic E-state index is 12.4. The lowest BCUT2D eigenvalue weighted by Gasteiger charge is -2.10. The molecule has 2 aromatic carbocycles. The van der Waals surface area contributed by atoms with E-state index in [9.17, 15) is 9.59 Å². The van der Waals surface area contributed by atoms with Crippen LogP contribution in [0.15, 0.2) is 48.5 Å². The van der Waals surface area contributed by atoms with E-state index in [0.717, 1.165) is 12.0 Å². The topological polar surface area (TPSA) is 85.9 Å². The molecule has 0 radical (unpaired) electrons. The quantitative estimate of drug-likeness (QED) is 0.542. The van der Waals surface area contributed by atoms with Gasteiger partial charge in [-0.3, -0.25) is 9.59 Å². The monoisotopic (exact) mass is 382 g/mol. The molecule has 28 heavy (non-hydrogen) atoms. The zero-order valence-electron chi connectivity index (χ0n) is 15.6. The van der Waals surface area contributed by atoms with Crippen molar-refractivity contribution in [3.8, 4) is 11.5 Å². The van der Waals surface area contributed by atoms with Crippen molar-refractivity contribution in [1.82, 2.24) is 5.32 Å². The third-order valence-corrected chi connectivity index (χ3v) is 4.06. The second-order valence-corrected chi connectivity index (χ2v) is 6.08. The Morgan fingerprint density at radius 2 is 1.96 bits per heavy atom. The molecule has 0 aliphatic carbocycles. The number of amides is 2. The number of rotatable bonds is 8. The highest BCUT2D eigenvalue weighted by Gasteiger charge is 2.13. The highest BCUT2D eigenvalue weighted by atomic mass is 16.7. The molecule has 0 fully saturated rings. The molecule has 0 bridgehead atoms. The van der Waals surface area contributed by atoms with Gasteiger partial charge in [-0.2, -0.15) is 0 Å². The molecule has 146 valence electrons. The number of benzene rings is 2. The molecule has 0 unspecified atom stereocenters. The number of hydrogen-bond donors (Lipinski definition) is 2. The molecule has 0 aromatic heterocycles. The standard InChI is InChI=1S/C21H22N2O5/c1-26-12-4-11-22-21(25)16-5-2-3-6-17(16)23-20(24)10-8-15-7-9-18-19(13-15)28-14-27-18/h2-3,5-10,13H,4,11-12,14H2,1H3,(H,22,25)(H,23,24)/b10-8+. The summed E-state index contributed by atoms with van der Waals surface area (Å²) in [5, 5.41) is 5.56. The predicted molar refractivity (Wildman–Crippen MR) is 105 cm³/mol. The van der Waals surface area contributed by atoms with E-state index < -0.39 is 0 Å². The fraction of sp³-hybridized carbons (Fsp3) is 0.238. The molecule has 7 nitrogen and oxygen atoms in total. The van der Waals surface area contributed by atoms with E-state index in [-0.39, 0.29) is 18.6 Å². The van der Waals surface area contributed by atoms with Gasteiger partial charge in [-0.1, -0.05) is 18.2 Å². The highest BCUT2D eigenvalue weighted by Crippen LogP contribution is 2.32. The minimum Gasteiger partial charge on any atom is -0.454 e. The van der Waals surface area contributed by atoms with Crippen LogP contribution in [0.4, 0.5) is 5.69 Å². The van der Waals surface area contributed by atoms with Gasteiger partial charge in [-0.15, -0.1) is 0 Å². The second-order valence-electron chi connectivity index (χ2n) is 6.08. The summed E-state index contributed by atoms with van der Waals surface area (Å²) in [4.78, 5) is 24.6. The van der Waals surface area contributed by atoms with E-state index >= 15 is 0 Å². The Bertz CT molecular complexity index is 879. The Morgan fingerprint density at radius 1 is 1.14 bits per heavy atom. The van der Waals surface area contributed by atoms with E-state index in [2.05, 4.69) is 10.6 Å². The van der Waals surface area contributed by atoms with Gasteiger partial charge in [0.25, 0.3) is 5.91 Å². The number of nitrogens with one attached hydrogen (secondary N) is 2. The smallest absolute Gasteiger partial charge is 0.253 e. The number of carbonyl (C=O) groups is 2. The summed E-state index contributed by atoms with van der Waals surface area (Å²) in [6.07, 6.45) is 3.80. The SMILES string of the molecule is COCCCNC(=O)c1ccccc1NC(=O)/C=C/c1ccc2c(c1)OCO2. The van der Waals surface area contributed by atoms with Crippen molar-refractivity contribution in [2.45, 2.75) is 6.42 Å². The first kappa shape index (κ1) is 19.4. The van der Waals surface area contributed by atoms with Crippen LogP contribution in [0.5, 0.6) is 11.5 Å². The number of anilines is 1. The summed E-state index contributed by atoms with van der Waals surface area (Å²) in [6, 6.07) is 12.3. The predicted octanol–water partition coefficient (Wildman–Crippen LogP) is 2.83. The van der Waals surface area contributed by atoms with Crippen LogP contribution < -0.4 is 20.1 Å². The molecule has 2 aromatic rings. The Balaban J connectivity index is 1.61. The first-order valence-electron chi connectivity index (χ1n) is 8.92. The molecule has 7 heteroatoms. The summed E-state index contributed by atoms with van der Waals surface area (Å²) in [7, 11) is 1.61. The first-order chi connectivity index (χ1) is 13.7. The van der Waals surface area contributed by atoms with E-state index in [1.165, 1.54) is 6.08 Å². The van der Waals surface area contributed by atoms with Crippen molar-refractivity contribution < 1.29 is 23.8 Å². The highest BCUT2D eigenvalue weighted by molar-refractivity contribution is 6.07. The number of fused-ring (bicyclic) bond motifs is 1. The minimum atomic E-state index is -0.336. The summed E-state index contributed by atoms with van der Waals surface area (Å²) >= 11 is 0. The second kappa shape index (κ2) is 9.57. The molecule has 3 rings (SSSR count). The zero-order valence-corrected chi connectivity index (χ0v) is 15.6. The molecule has 0 saturated heterocycles. The van der Waals surface area contributed by atoms with Gasteiger partial charge in [-0.25, -0.2) is 0 Å². The van der Waals surface area contributed by atoms with Gasteiger partial charge >= 0.3 is 0 Å². The van der Waals surface area contributed by atoms with Crippen LogP contribution >= 0.6 is 0 Å². The van der Waals surface area contributed by atoms with Crippen molar-refractivity contribution in [3.63, 3.8) is 0 Å². The number of carbonyl (C=O) groups excluding carboxylic acids is 2. The molecule has 0 spiro atoms. The first-order valence-corrected chi connectivity index (χ1v) is 8.92. The Hall–Kier alpha value is -3.32. The fourth-order valence-electron chi connectivity index (χ4n) is 2.67. The van der Waals surface area contributed by atoms with Crippen LogP contribution in [0.1, 0.15) is 22.3 Å². The van der Waals surface area contributed by atoms with Crippen molar-refractivity contribution in [2.24, 2.45) is 0 Å². The molecule has 0 atom stereocenters. The zero-order chi connectivity index (χ0) is 19.8. The molecule has 2 N–H and O–H groups in total. The van der Waals surface area contributed by atoms with Gasteiger partial charge < -0.3 is 24.8 Å². The van der Waals surface area contributed by atoms with E-state index in [1.54, 1.807) is 49.6 Å². The number of ether oxygens (including phenoxy) is 3. The Morgan fingerprint density at radius 3 is 2.82 bits per heavy atom. The van der Waals surface area contributed by atoms with E-state index in [1.807, 2.05) is 6.07 Å². The van der Waals surface area contributed by atoms with Crippen molar-refractivity contribution in [3.05, 3.63) is 59.7 Å². The molecular formula is C21H22N2O5. The van der Waals surface area contributed by atoms with Crippen LogP contribution in [-0.4, -0.2) is 38.9 Å². The molecular weight excluding hydrogens is 360 g/mol. The van der Waals surface area contributed by atoms with Crippen molar-refractivity contribution >= 4 is 23.6 Å². The van der Waals surface area contributed by atoms with Gasteiger partial charge in [0.15, 0.2) is 11.5 Å². The fourth-order valence-corrected chi connectivity index (χ4v) is 2.67. The third kappa shape index (κ3) is 5.11. The van der Waals surface area contributed by atoms with Crippen LogP contribution in [0, 0.1) is 0 Å². The molecule has 1 aliphatic heterocycles. The van der Waals surface area contributed by atoms with Gasteiger partial charge in [0, 0.05) is 26.3 Å². The van der Waals surface area contributed by atoms with Crippen LogP contribution in [0.25, 0.3) is 6.08 Å². The maximum atomic E-state index is 12.4. The number of methoxy groups -OCH3 is 1. The lowest BCUT2D eigenvalue weighted by Crippen LogP contribution is -2.26. The number of hydrogen-bond acceptors (Lipinski definition) is 5. The lowest BCUT2D eigenvalue weighted by atomic mass is 10.1. The van der Waals surface area contributed by atoms with Crippen molar-refractivity contribution in [1.29, 1.82) is 0 Å². The van der Waals surface area contributed by atoms with Gasteiger partial charge in [-0.05, 0) is 42.3 Å². The Labute approximate surface area is 163 Å². The van der Waals surface area contributed by atoms with Gasteiger partial charge in [0.1, 0.15) is 0 Å². The average molecular weight is 382 g/mol. The summed E-state index contributed by atoms with van der Waals surface area (Å²) in [5.41, 5.74) is 1.67. The average Bonchev–Trinajstić information content (AvgIpc) is 3.18. The largest absolute Gasteiger partial charge is 0.454 e. The third-order valence-electron chi connectivity index (χ3n) is 4.06. The molecule has 2 amide bonds. The molecule has 0 saturated carbocycles. The van der Waals surface area contributed by atoms with Crippen LogP contribution in [0.2, 0.25) is 0 Å². The van der Waals surface area contributed by atoms with Gasteiger partial charge in [0.2, 0.25) is 12.7 Å². The van der Waals surface area contributed by atoms with Crippen LogP contribution in [-0.2, 0) is 9.53 Å². The number of para-hydroxylation sites is 1. The summed E-state index contributed by atoms with van der Waals surface area (Å²) in [5.74, 6) is 0.758.